The third kappa shape index (κ3) is 3.89. The summed E-state index contributed by atoms with van der Waals surface area (Å²) >= 11 is 0. The van der Waals surface area contributed by atoms with E-state index in [9.17, 15) is 22.0 Å². The molecule has 0 aliphatic carbocycles. The number of nitrogens with two attached hydrogens (primary N) is 1. The molecule has 1 aromatic carbocycles. The monoisotopic (exact) mass is 387 g/mol. The quantitative estimate of drug-likeness (QED) is 0.848. The van der Waals surface area contributed by atoms with Gasteiger partial charge in [0.15, 0.2) is 0 Å². The molecule has 2 fully saturated rings. The standard InChI is InChI=1S/C17H23F2N3O3S/c18-13-3-4-15(19)16(10-13)26(24,25)22-8-5-12(6-9-22)17(23)21-7-1-2-14(20)11-21/h3-4,10,12,14H,1-2,5-9,11,20H2. The Labute approximate surface area is 152 Å². The Morgan fingerprint density at radius 2 is 1.81 bits per heavy atom. The Balaban J connectivity index is 1.66. The summed E-state index contributed by atoms with van der Waals surface area (Å²) in [6.07, 6.45) is 2.50. The van der Waals surface area contributed by atoms with Crippen molar-refractivity contribution in [2.75, 3.05) is 26.2 Å². The van der Waals surface area contributed by atoms with Crippen molar-refractivity contribution in [3.8, 4) is 0 Å². The highest BCUT2D eigenvalue weighted by molar-refractivity contribution is 7.89. The zero-order valence-electron chi connectivity index (χ0n) is 14.4. The zero-order valence-corrected chi connectivity index (χ0v) is 15.2. The Morgan fingerprint density at radius 1 is 1.12 bits per heavy atom. The fourth-order valence-electron chi connectivity index (χ4n) is 3.63. The predicted octanol–water partition coefficient (Wildman–Crippen LogP) is 1.32. The summed E-state index contributed by atoms with van der Waals surface area (Å²) in [5.41, 5.74) is 5.91. The Bertz CT molecular complexity index is 779. The van der Waals surface area contributed by atoms with E-state index in [-0.39, 0.29) is 31.0 Å². The van der Waals surface area contributed by atoms with Gasteiger partial charge in [0.2, 0.25) is 15.9 Å². The number of likely N-dealkylation sites (tertiary alicyclic amines) is 1. The predicted molar refractivity (Wildman–Crippen MR) is 91.6 cm³/mol. The Kier molecular flexibility index (Phi) is 5.59. The molecule has 0 aromatic heterocycles. The van der Waals surface area contributed by atoms with Gasteiger partial charge in [0.05, 0.1) is 0 Å². The van der Waals surface area contributed by atoms with E-state index >= 15 is 0 Å². The van der Waals surface area contributed by atoms with Crippen molar-refractivity contribution in [2.24, 2.45) is 11.7 Å². The fraction of sp³-hybridized carbons (Fsp3) is 0.588. The first-order chi connectivity index (χ1) is 12.3. The largest absolute Gasteiger partial charge is 0.341 e. The van der Waals surface area contributed by atoms with E-state index in [1.54, 1.807) is 4.90 Å². The van der Waals surface area contributed by atoms with Crippen LogP contribution in [0.25, 0.3) is 0 Å². The van der Waals surface area contributed by atoms with Crippen molar-refractivity contribution in [2.45, 2.75) is 36.6 Å². The van der Waals surface area contributed by atoms with Gasteiger partial charge in [-0.05, 0) is 43.9 Å². The molecular formula is C17H23F2N3O3S. The van der Waals surface area contributed by atoms with Crippen molar-refractivity contribution < 1.29 is 22.0 Å². The van der Waals surface area contributed by atoms with Crippen LogP contribution in [-0.4, -0.2) is 55.8 Å². The van der Waals surface area contributed by atoms with Gasteiger partial charge in [-0.2, -0.15) is 4.31 Å². The van der Waals surface area contributed by atoms with Gasteiger partial charge in [0.25, 0.3) is 0 Å². The summed E-state index contributed by atoms with van der Waals surface area (Å²) in [5.74, 6) is -2.04. The molecule has 26 heavy (non-hydrogen) atoms. The summed E-state index contributed by atoms with van der Waals surface area (Å²) in [5, 5.41) is 0. The number of carbonyl (C=O) groups excluding carboxylic acids is 1. The van der Waals surface area contributed by atoms with Crippen LogP contribution >= 0.6 is 0 Å². The van der Waals surface area contributed by atoms with Crippen LogP contribution in [0.3, 0.4) is 0 Å². The minimum Gasteiger partial charge on any atom is -0.341 e. The lowest BCUT2D eigenvalue weighted by atomic mass is 9.95. The van der Waals surface area contributed by atoms with E-state index in [4.69, 9.17) is 5.73 Å². The van der Waals surface area contributed by atoms with E-state index in [0.29, 0.717) is 32.0 Å². The number of amides is 1. The highest BCUT2D eigenvalue weighted by atomic mass is 32.2. The van der Waals surface area contributed by atoms with Gasteiger partial charge in [-0.3, -0.25) is 4.79 Å². The summed E-state index contributed by atoms with van der Waals surface area (Å²) < 4.78 is 53.5. The normalized spacial score (nSPS) is 23.2. The molecule has 0 bridgehead atoms. The highest BCUT2D eigenvalue weighted by Crippen LogP contribution is 2.27. The minimum atomic E-state index is -4.12. The lowest BCUT2D eigenvalue weighted by Gasteiger charge is -2.36. The van der Waals surface area contributed by atoms with Gasteiger partial charge in [-0.25, -0.2) is 17.2 Å². The number of hydrogen-bond donors (Lipinski definition) is 1. The molecule has 0 radical (unpaired) electrons. The molecule has 2 N–H and O–H groups in total. The number of piperidine rings is 2. The topological polar surface area (TPSA) is 83.7 Å². The smallest absolute Gasteiger partial charge is 0.246 e. The summed E-state index contributed by atoms with van der Waals surface area (Å²) in [6, 6.07) is 2.36. The minimum absolute atomic E-state index is 0.00846. The molecule has 3 rings (SSSR count). The van der Waals surface area contributed by atoms with Crippen molar-refractivity contribution in [3.05, 3.63) is 29.8 Å². The fourth-order valence-corrected chi connectivity index (χ4v) is 5.17. The Hall–Kier alpha value is -1.58. The first-order valence-corrected chi connectivity index (χ1v) is 10.2. The molecule has 1 amide bonds. The van der Waals surface area contributed by atoms with Gasteiger partial charge in [0.1, 0.15) is 16.5 Å². The van der Waals surface area contributed by atoms with Crippen molar-refractivity contribution in [1.29, 1.82) is 0 Å². The second-order valence-corrected chi connectivity index (χ2v) is 8.85. The van der Waals surface area contributed by atoms with Gasteiger partial charge in [0, 0.05) is 38.1 Å². The van der Waals surface area contributed by atoms with Crippen LogP contribution in [0.2, 0.25) is 0 Å². The summed E-state index contributed by atoms with van der Waals surface area (Å²) in [4.78, 5) is 13.7. The number of benzene rings is 1. The van der Waals surface area contributed by atoms with Crippen LogP contribution in [0, 0.1) is 17.6 Å². The average molecular weight is 387 g/mol. The van der Waals surface area contributed by atoms with Crippen molar-refractivity contribution >= 4 is 15.9 Å². The molecular weight excluding hydrogens is 364 g/mol. The van der Waals surface area contributed by atoms with Crippen LogP contribution in [0.5, 0.6) is 0 Å². The maximum Gasteiger partial charge on any atom is 0.246 e. The number of carbonyl (C=O) groups is 1. The molecule has 2 heterocycles. The number of halogens is 2. The first-order valence-electron chi connectivity index (χ1n) is 8.78. The van der Waals surface area contributed by atoms with E-state index in [1.807, 2.05) is 0 Å². The highest BCUT2D eigenvalue weighted by Gasteiger charge is 2.35. The Morgan fingerprint density at radius 3 is 2.46 bits per heavy atom. The lowest BCUT2D eigenvalue weighted by molar-refractivity contribution is -0.137. The van der Waals surface area contributed by atoms with E-state index in [2.05, 4.69) is 0 Å². The molecule has 1 atom stereocenters. The molecule has 1 unspecified atom stereocenters. The second kappa shape index (κ2) is 7.58. The zero-order chi connectivity index (χ0) is 18.9. The van der Waals surface area contributed by atoms with Crippen LogP contribution in [0.1, 0.15) is 25.7 Å². The molecule has 2 saturated heterocycles. The van der Waals surface area contributed by atoms with Crippen LogP contribution in [0.15, 0.2) is 23.1 Å². The molecule has 9 heteroatoms. The molecule has 0 saturated carbocycles. The summed E-state index contributed by atoms with van der Waals surface area (Å²) in [7, 11) is -4.12. The van der Waals surface area contributed by atoms with Crippen LogP contribution < -0.4 is 5.73 Å². The van der Waals surface area contributed by atoms with E-state index in [0.717, 1.165) is 29.3 Å². The SMILES string of the molecule is NC1CCCN(C(=O)C2CCN(S(=O)(=O)c3cc(F)ccc3F)CC2)C1. The number of hydrogen-bond acceptors (Lipinski definition) is 4. The first kappa shape index (κ1) is 19.2. The van der Waals surface area contributed by atoms with Crippen molar-refractivity contribution in [3.63, 3.8) is 0 Å². The third-order valence-corrected chi connectivity index (χ3v) is 7.00. The number of rotatable bonds is 3. The number of sulfonamides is 1. The second-order valence-electron chi connectivity index (χ2n) is 6.94. The van der Waals surface area contributed by atoms with Gasteiger partial charge < -0.3 is 10.6 Å². The molecule has 1 aromatic rings. The van der Waals surface area contributed by atoms with Gasteiger partial charge >= 0.3 is 0 Å². The summed E-state index contributed by atoms with van der Waals surface area (Å²) in [6.45, 7) is 1.43. The molecule has 144 valence electrons. The van der Waals surface area contributed by atoms with E-state index in [1.165, 1.54) is 0 Å². The van der Waals surface area contributed by atoms with E-state index < -0.39 is 26.6 Å². The molecule has 2 aliphatic heterocycles. The third-order valence-electron chi connectivity index (χ3n) is 5.08. The molecule has 0 spiro atoms. The maximum absolute atomic E-state index is 13.9. The maximum atomic E-state index is 13.9. The van der Waals surface area contributed by atoms with Crippen molar-refractivity contribution in [1.82, 2.24) is 9.21 Å². The van der Waals surface area contributed by atoms with Crippen LogP contribution in [0.4, 0.5) is 8.78 Å². The molecule has 2 aliphatic rings. The lowest BCUT2D eigenvalue weighted by Crippen LogP contribution is -2.50. The molecule has 6 nitrogen and oxygen atoms in total. The van der Waals surface area contributed by atoms with Gasteiger partial charge in [-0.1, -0.05) is 0 Å². The average Bonchev–Trinajstić information content (AvgIpc) is 2.63. The van der Waals surface area contributed by atoms with Crippen LogP contribution in [-0.2, 0) is 14.8 Å². The number of nitrogens with zero attached hydrogens (tertiary/aromatic N) is 2. The van der Waals surface area contributed by atoms with Gasteiger partial charge in [-0.15, -0.1) is 0 Å².